The molecule has 0 aromatic rings. The van der Waals surface area contributed by atoms with Crippen LogP contribution in [0.4, 0.5) is 0 Å². The molecule has 1 unspecified atom stereocenters. The van der Waals surface area contributed by atoms with Crippen LogP contribution in [0.2, 0.25) is 0 Å². The summed E-state index contributed by atoms with van der Waals surface area (Å²) in [7, 11) is 3.07. The lowest BCUT2D eigenvalue weighted by Crippen LogP contribution is -2.51. The van der Waals surface area contributed by atoms with Gasteiger partial charge in [-0.25, -0.2) is 0 Å². The molecule has 1 atom stereocenters. The first-order chi connectivity index (χ1) is 8.28. The Hall–Kier alpha value is -1.14. The van der Waals surface area contributed by atoms with Gasteiger partial charge in [0.1, 0.15) is 5.41 Å². The van der Waals surface area contributed by atoms with Gasteiger partial charge >= 0.3 is 5.97 Å². The number of carbonyl (C=O) groups excluding carboxylic acids is 1. The van der Waals surface area contributed by atoms with Crippen LogP contribution in [0.15, 0.2) is 0 Å². The zero-order chi connectivity index (χ0) is 14.3. The van der Waals surface area contributed by atoms with Gasteiger partial charge in [-0.1, -0.05) is 0 Å². The molecule has 0 spiro atoms. The molecule has 106 valence electrons. The third kappa shape index (κ3) is 4.27. The molecule has 0 aromatic carbocycles. The Morgan fingerprint density at radius 3 is 2.22 bits per heavy atom. The molecule has 0 aliphatic rings. The second-order valence-electron chi connectivity index (χ2n) is 4.73. The quantitative estimate of drug-likeness (QED) is 0.648. The summed E-state index contributed by atoms with van der Waals surface area (Å²) < 4.78 is 9.95. The number of hydrogen-bond acceptors (Lipinski definition) is 4. The summed E-state index contributed by atoms with van der Waals surface area (Å²) in [6.07, 6.45) is 0. The fourth-order valence-electron chi connectivity index (χ4n) is 1.49. The molecule has 0 bridgehead atoms. The van der Waals surface area contributed by atoms with Crippen LogP contribution in [-0.4, -0.2) is 61.9 Å². The van der Waals surface area contributed by atoms with Gasteiger partial charge in [0, 0.05) is 20.8 Å². The number of carboxylic acids is 1. The van der Waals surface area contributed by atoms with Crippen molar-refractivity contribution in [3.8, 4) is 0 Å². The van der Waals surface area contributed by atoms with Crippen molar-refractivity contribution in [1.29, 1.82) is 0 Å². The molecule has 6 nitrogen and oxygen atoms in total. The van der Waals surface area contributed by atoms with Crippen molar-refractivity contribution in [2.45, 2.75) is 26.8 Å². The number of hydrogen-bond donors (Lipinski definition) is 1. The molecule has 0 heterocycles. The zero-order valence-corrected chi connectivity index (χ0v) is 11.7. The van der Waals surface area contributed by atoms with Gasteiger partial charge < -0.3 is 19.5 Å². The van der Waals surface area contributed by atoms with E-state index in [0.29, 0.717) is 19.8 Å². The second-order valence-corrected chi connectivity index (χ2v) is 4.73. The van der Waals surface area contributed by atoms with Crippen molar-refractivity contribution < 1.29 is 24.2 Å². The second kappa shape index (κ2) is 7.33. The maximum atomic E-state index is 12.3. The minimum absolute atomic E-state index is 0.198. The lowest BCUT2D eigenvalue weighted by atomic mass is 9.91. The van der Waals surface area contributed by atoms with Crippen molar-refractivity contribution in [1.82, 2.24) is 4.90 Å². The van der Waals surface area contributed by atoms with Gasteiger partial charge in [-0.3, -0.25) is 9.59 Å². The van der Waals surface area contributed by atoms with E-state index in [4.69, 9.17) is 14.6 Å². The molecule has 0 aliphatic carbocycles. The highest BCUT2D eigenvalue weighted by Crippen LogP contribution is 2.20. The van der Waals surface area contributed by atoms with Crippen LogP contribution in [-0.2, 0) is 19.1 Å². The van der Waals surface area contributed by atoms with Gasteiger partial charge in [-0.2, -0.15) is 0 Å². The van der Waals surface area contributed by atoms with E-state index >= 15 is 0 Å². The average molecular weight is 261 g/mol. The Labute approximate surface area is 108 Å². The van der Waals surface area contributed by atoms with Crippen LogP contribution in [0.25, 0.3) is 0 Å². The average Bonchev–Trinajstić information content (AvgIpc) is 2.29. The van der Waals surface area contributed by atoms with Gasteiger partial charge in [-0.05, 0) is 20.8 Å². The first-order valence-electron chi connectivity index (χ1n) is 5.81. The molecule has 0 rings (SSSR count). The van der Waals surface area contributed by atoms with E-state index in [2.05, 4.69) is 0 Å². The first-order valence-corrected chi connectivity index (χ1v) is 5.81. The van der Waals surface area contributed by atoms with Crippen LogP contribution >= 0.6 is 0 Å². The summed E-state index contributed by atoms with van der Waals surface area (Å²) in [6, 6.07) is -0.198. The minimum atomic E-state index is -1.45. The van der Waals surface area contributed by atoms with Crippen LogP contribution in [0.3, 0.4) is 0 Å². The fourth-order valence-corrected chi connectivity index (χ4v) is 1.49. The summed E-state index contributed by atoms with van der Waals surface area (Å²) in [4.78, 5) is 24.9. The van der Waals surface area contributed by atoms with Crippen molar-refractivity contribution in [2.24, 2.45) is 5.41 Å². The number of ether oxygens (including phenoxy) is 2. The van der Waals surface area contributed by atoms with E-state index in [0.717, 1.165) is 0 Å². The number of carbonyl (C=O) groups is 2. The Kier molecular flexibility index (Phi) is 6.86. The Morgan fingerprint density at radius 2 is 1.83 bits per heavy atom. The van der Waals surface area contributed by atoms with Gasteiger partial charge in [0.25, 0.3) is 0 Å². The lowest BCUT2D eigenvalue weighted by molar-refractivity contribution is -0.160. The number of amides is 1. The SMILES string of the molecule is COCCN(C(=O)C(C)(C)C(=O)O)C(C)COC. The maximum absolute atomic E-state index is 12.3. The van der Waals surface area contributed by atoms with Crippen LogP contribution in [0, 0.1) is 5.41 Å². The molecule has 18 heavy (non-hydrogen) atoms. The molecule has 0 fully saturated rings. The van der Waals surface area contributed by atoms with Crippen LogP contribution < -0.4 is 0 Å². The Balaban J connectivity index is 4.94. The fraction of sp³-hybridized carbons (Fsp3) is 0.833. The van der Waals surface area contributed by atoms with Crippen LogP contribution in [0.5, 0.6) is 0 Å². The summed E-state index contributed by atoms with van der Waals surface area (Å²) in [5.41, 5.74) is -1.45. The van der Waals surface area contributed by atoms with E-state index in [9.17, 15) is 9.59 Å². The highest BCUT2D eigenvalue weighted by Gasteiger charge is 2.40. The number of methoxy groups -OCH3 is 2. The number of nitrogens with zero attached hydrogens (tertiary/aromatic N) is 1. The van der Waals surface area contributed by atoms with Crippen LogP contribution in [0.1, 0.15) is 20.8 Å². The standard InChI is InChI=1S/C12H23NO5/c1-9(8-18-5)13(6-7-17-4)10(14)12(2,3)11(15)16/h9H,6-8H2,1-5H3,(H,15,16). The third-order valence-corrected chi connectivity index (χ3v) is 2.81. The molecular formula is C12H23NO5. The molecular weight excluding hydrogens is 238 g/mol. The molecule has 0 aromatic heterocycles. The topological polar surface area (TPSA) is 76.1 Å². The van der Waals surface area contributed by atoms with Gasteiger partial charge in [-0.15, -0.1) is 0 Å². The Morgan fingerprint density at radius 1 is 1.28 bits per heavy atom. The molecule has 0 saturated heterocycles. The van der Waals surface area contributed by atoms with Gasteiger partial charge in [0.15, 0.2) is 0 Å². The molecule has 1 amide bonds. The monoisotopic (exact) mass is 261 g/mol. The number of carboxylic acid groups (broad SMARTS) is 1. The van der Waals surface area contributed by atoms with E-state index in [1.165, 1.54) is 33.0 Å². The third-order valence-electron chi connectivity index (χ3n) is 2.81. The molecule has 0 aliphatic heterocycles. The molecule has 6 heteroatoms. The van der Waals surface area contributed by atoms with Crippen molar-refractivity contribution in [3.05, 3.63) is 0 Å². The van der Waals surface area contributed by atoms with Crippen molar-refractivity contribution in [3.63, 3.8) is 0 Å². The van der Waals surface area contributed by atoms with Crippen molar-refractivity contribution in [2.75, 3.05) is 34.0 Å². The lowest BCUT2D eigenvalue weighted by Gasteiger charge is -2.33. The van der Waals surface area contributed by atoms with E-state index in [-0.39, 0.29) is 6.04 Å². The highest BCUT2D eigenvalue weighted by molar-refractivity contribution is 6.01. The zero-order valence-electron chi connectivity index (χ0n) is 11.7. The smallest absolute Gasteiger partial charge is 0.318 e. The predicted molar refractivity (Wildman–Crippen MR) is 66.3 cm³/mol. The first kappa shape index (κ1) is 16.9. The number of aliphatic carboxylic acids is 1. The van der Waals surface area contributed by atoms with E-state index in [1.807, 2.05) is 6.92 Å². The summed E-state index contributed by atoms with van der Waals surface area (Å²) in [6.45, 7) is 5.67. The minimum Gasteiger partial charge on any atom is -0.480 e. The van der Waals surface area contributed by atoms with Gasteiger partial charge in [0.05, 0.1) is 19.3 Å². The van der Waals surface area contributed by atoms with E-state index < -0.39 is 17.3 Å². The molecule has 0 radical (unpaired) electrons. The summed E-state index contributed by atoms with van der Waals surface area (Å²) in [5, 5.41) is 9.09. The maximum Gasteiger partial charge on any atom is 0.318 e. The molecule has 1 N–H and O–H groups in total. The largest absolute Gasteiger partial charge is 0.480 e. The number of rotatable bonds is 8. The van der Waals surface area contributed by atoms with Gasteiger partial charge in [0.2, 0.25) is 5.91 Å². The normalized spacial score (nSPS) is 13.2. The van der Waals surface area contributed by atoms with E-state index in [1.54, 1.807) is 0 Å². The molecule has 0 saturated carbocycles. The summed E-state index contributed by atoms with van der Waals surface area (Å²) in [5.74, 6) is -1.57. The Bertz CT molecular complexity index is 290. The summed E-state index contributed by atoms with van der Waals surface area (Å²) >= 11 is 0. The predicted octanol–water partition coefficient (Wildman–Crippen LogP) is 0.607. The highest BCUT2D eigenvalue weighted by atomic mass is 16.5. The van der Waals surface area contributed by atoms with Crippen molar-refractivity contribution >= 4 is 11.9 Å².